The maximum Gasteiger partial charge on any atom is 0.230 e. The van der Waals surface area contributed by atoms with Crippen molar-refractivity contribution in [3.05, 3.63) is 65.4 Å². The fraction of sp³-hybridized carbons (Fsp3) is 0.529. The van der Waals surface area contributed by atoms with Gasteiger partial charge in [0.1, 0.15) is 5.75 Å². The van der Waals surface area contributed by atoms with E-state index in [4.69, 9.17) is 9.26 Å². The van der Waals surface area contributed by atoms with Crippen molar-refractivity contribution in [2.24, 2.45) is 11.8 Å². The third-order valence-corrected chi connectivity index (χ3v) is 9.46. The highest BCUT2D eigenvalue weighted by Crippen LogP contribution is 2.41. The van der Waals surface area contributed by atoms with E-state index in [1.807, 2.05) is 17.0 Å². The molecule has 0 aliphatic heterocycles. The molecule has 0 unspecified atom stereocenters. The summed E-state index contributed by atoms with van der Waals surface area (Å²) in [4.78, 5) is 16.1. The number of anilines is 1. The summed E-state index contributed by atoms with van der Waals surface area (Å²) in [7, 11) is 1.72. The standard InChI is InChI=1S/C34H42N2O4/c1-22-18-27(14-17-32(22)39-2)24-8-6-23(7-9-24)21-36(34(38)26-12-15-30(37)16-13-26)29-5-3-4-28(19-29)33-20-31(35-40-33)25-10-11-25/h3-5,14,17-20,23-26,30,37H,6-13,15-16,21H2,1-2H3. The molecule has 0 spiro atoms. The Balaban J connectivity index is 1.19. The van der Waals surface area contributed by atoms with Gasteiger partial charge >= 0.3 is 0 Å². The summed E-state index contributed by atoms with van der Waals surface area (Å²) >= 11 is 0. The normalized spacial score (nSPS) is 25.0. The number of nitrogens with zero attached hydrogens (tertiary/aromatic N) is 2. The number of rotatable bonds is 8. The molecular weight excluding hydrogens is 500 g/mol. The van der Waals surface area contributed by atoms with Crippen LogP contribution < -0.4 is 9.64 Å². The second-order valence-corrected chi connectivity index (χ2v) is 12.3. The van der Waals surface area contributed by atoms with E-state index in [0.717, 1.165) is 73.5 Å². The minimum absolute atomic E-state index is 0.0302. The second kappa shape index (κ2) is 11.8. The predicted octanol–water partition coefficient (Wildman–Crippen LogP) is 7.39. The van der Waals surface area contributed by atoms with Gasteiger partial charge in [0.05, 0.1) is 18.9 Å². The molecule has 0 saturated heterocycles. The number of aryl methyl sites for hydroxylation is 1. The van der Waals surface area contributed by atoms with Gasteiger partial charge in [0.25, 0.3) is 0 Å². The zero-order chi connectivity index (χ0) is 27.6. The van der Waals surface area contributed by atoms with Crippen LogP contribution in [0, 0.1) is 18.8 Å². The molecule has 6 nitrogen and oxygen atoms in total. The fourth-order valence-electron chi connectivity index (χ4n) is 6.78. The molecule has 1 amide bonds. The van der Waals surface area contributed by atoms with Crippen molar-refractivity contribution in [3.8, 4) is 17.1 Å². The third kappa shape index (κ3) is 5.97. The van der Waals surface area contributed by atoms with Crippen LogP contribution in [0.4, 0.5) is 5.69 Å². The van der Waals surface area contributed by atoms with Crippen molar-refractivity contribution in [2.45, 2.75) is 89.1 Å². The number of aliphatic hydroxyl groups excluding tert-OH is 1. The summed E-state index contributed by atoms with van der Waals surface area (Å²) in [5, 5.41) is 14.3. The molecule has 6 heteroatoms. The van der Waals surface area contributed by atoms with Crippen molar-refractivity contribution in [1.29, 1.82) is 0 Å². The lowest BCUT2D eigenvalue weighted by Gasteiger charge is -2.36. The van der Waals surface area contributed by atoms with Gasteiger partial charge in [0.2, 0.25) is 5.91 Å². The van der Waals surface area contributed by atoms with E-state index in [-0.39, 0.29) is 17.9 Å². The molecule has 212 valence electrons. The number of methoxy groups -OCH3 is 1. The molecule has 6 rings (SSSR count). The van der Waals surface area contributed by atoms with Gasteiger partial charge in [-0.25, -0.2) is 0 Å². The molecule has 0 radical (unpaired) electrons. The lowest BCUT2D eigenvalue weighted by molar-refractivity contribution is -0.124. The topological polar surface area (TPSA) is 75.8 Å². The van der Waals surface area contributed by atoms with Gasteiger partial charge in [-0.1, -0.05) is 29.4 Å². The van der Waals surface area contributed by atoms with Gasteiger partial charge in [-0.3, -0.25) is 4.79 Å². The Bertz CT molecular complexity index is 1310. The van der Waals surface area contributed by atoms with Crippen LogP contribution in [-0.4, -0.2) is 35.9 Å². The summed E-state index contributed by atoms with van der Waals surface area (Å²) in [5.74, 6) is 3.44. The second-order valence-electron chi connectivity index (χ2n) is 12.3. The Morgan fingerprint density at radius 3 is 2.40 bits per heavy atom. The molecule has 3 fully saturated rings. The first-order valence-electron chi connectivity index (χ1n) is 15.2. The maximum atomic E-state index is 14.0. The molecule has 1 heterocycles. The van der Waals surface area contributed by atoms with Crippen LogP contribution in [-0.2, 0) is 4.79 Å². The van der Waals surface area contributed by atoms with Crippen molar-refractivity contribution < 1.29 is 19.2 Å². The monoisotopic (exact) mass is 542 g/mol. The van der Waals surface area contributed by atoms with Gasteiger partial charge in [-0.15, -0.1) is 0 Å². The average Bonchev–Trinajstić information content (AvgIpc) is 3.72. The summed E-state index contributed by atoms with van der Waals surface area (Å²) in [6.45, 7) is 2.85. The van der Waals surface area contributed by atoms with Gasteiger partial charge in [-0.2, -0.15) is 0 Å². The number of benzene rings is 2. The maximum absolute atomic E-state index is 14.0. The molecular formula is C34H42N2O4. The molecule has 3 saturated carbocycles. The molecule has 0 atom stereocenters. The molecule has 3 aromatic rings. The first-order chi connectivity index (χ1) is 19.5. The number of aromatic nitrogens is 1. The Labute approximate surface area is 237 Å². The Kier molecular flexibility index (Phi) is 7.97. The first-order valence-corrected chi connectivity index (χ1v) is 15.2. The van der Waals surface area contributed by atoms with Gasteiger partial charge in [0, 0.05) is 35.7 Å². The Morgan fingerprint density at radius 2 is 1.70 bits per heavy atom. The molecule has 3 aliphatic rings. The van der Waals surface area contributed by atoms with Gasteiger partial charge in [-0.05, 0) is 112 Å². The minimum Gasteiger partial charge on any atom is -0.496 e. The highest BCUT2D eigenvalue weighted by molar-refractivity contribution is 5.95. The molecule has 3 aliphatic carbocycles. The van der Waals surface area contributed by atoms with Gasteiger partial charge < -0.3 is 19.3 Å². The molecule has 2 aromatic carbocycles. The SMILES string of the molecule is COc1ccc(C2CCC(CN(C(=O)C3CCC(O)CC3)c3cccc(-c4cc(C5CC5)no4)c3)CC2)cc1C. The van der Waals surface area contributed by atoms with Crippen LogP contribution in [0.1, 0.15) is 92.9 Å². The minimum atomic E-state index is -0.273. The van der Waals surface area contributed by atoms with E-state index >= 15 is 0 Å². The highest BCUT2D eigenvalue weighted by Gasteiger charge is 2.33. The van der Waals surface area contributed by atoms with E-state index in [2.05, 4.69) is 48.5 Å². The predicted molar refractivity (Wildman–Crippen MR) is 157 cm³/mol. The molecule has 1 aromatic heterocycles. The van der Waals surface area contributed by atoms with Crippen molar-refractivity contribution >= 4 is 11.6 Å². The summed E-state index contributed by atoms with van der Waals surface area (Å²) in [6.07, 6.45) is 9.51. The Morgan fingerprint density at radius 1 is 0.950 bits per heavy atom. The average molecular weight is 543 g/mol. The van der Waals surface area contributed by atoms with Crippen LogP contribution in [0.25, 0.3) is 11.3 Å². The van der Waals surface area contributed by atoms with E-state index in [9.17, 15) is 9.90 Å². The molecule has 1 N–H and O–H groups in total. The number of hydrogen-bond acceptors (Lipinski definition) is 5. The summed E-state index contributed by atoms with van der Waals surface area (Å²) < 4.78 is 11.2. The van der Waals surface area contributed by atoms with Crippen molar-refractivity contribution in [2.75, 3.05) is 18.6 Å². The van der Waals surface area contributed by atoms with E-state index in [1.54, 1.807) is 7.11 Å². The summed E-state index contributed by atoms with van der Waals surface area (Å²) in [5.41, 5.74) is 5.53. The zero-order valence-corrected chi connectivity index (χ0v) is 23.9. The number of carbonyl (C=O) groups excluding carboxylic acids is 1. The largest absolute Gasteiger partial charge is 0.496 e. The van der Waals surface area contributed by atoms with E-state index in [0.29, 0.717) is 30.6 Å². The number of hydrogen-bond donors (Lipinski definition) is 1. The number of amides is 1. The van der Waals surface area contributed by atoms with Crippen molar-refractivity contribution in [1.82, 2.24) is 5.16 Å². The number of carbonyl (C=O) groups is 1. The smallest absolute Gasteiger partial charge is 0.230 e. The first kappa shape index (κ1) is 27.1. The number of ether oxygens (including phenoxy) is 1. The van der Waals surface area contributed by atoms with Crippen LogP contribution in [0.3, 0.4) is 0 Å². The lowest BCUT2D eigenvalue weighted by atomic mass is 9.78. The summed E-state index contributed by atoms with van der Waals surface area (Å²) in [6, 6.07) is 16.9. The fourth-order valence-corrected chi connectivity index (χ4v) is 6.78. The van der Waals surface area contributed by atoms with Gasteiger partial charge in [0.15, 0.2) is 5.76 Å². The van der Waals surface area contributed by atoms with Crippen LogP contribution in [0.5, 0.6) is 5.75 Å². The van der Waals surface area contributed by atoms with E-state index < -0.39 is 0 Å². The van der Waals surface area contributed by atoms with E-state index in [1.165, 1.54) is 24.0 Å². The highest BCUT2D eigenvalue weighted by atomic mass is 16.5. The van der Waals surface area contributed by atoms with Crippen LogP contribution >= 0.6 is 0 Å². The van der Waals surface area contributed by atoms with Crippen LogP contribution in [0.15, 0.2) is 53.1 Å². The zero-order valence-electron chi connectivity index (χ0n) is 23.9. The third-order valence-electron chi connectivity index (χ3n) is 9.46. The lowest BCUT2D eigenvalue weighted by Crippen LogP contribution is -2.41. The Hall–Kier alpha value is -3.12. The molecule has 40 heavy (non-hydrogen) atoms. The quantitative estimate of drug-likeness (QED) is 0.321. The molecule has 0 bridgehead atoms. The van der Waals surface area contributed by atoms with Crippen LogP contribution in [0.2, 0.25) is 0 Å². The van der Waals surface area contributed by atoms with Crippen molar-refractivity contribution in [3.63, 3.8) is 0 Å². The number of aliphatic hydroxyl groups is 1.